The number of carbonyl (C=O) groups is 1. The summed E-state index contributed by atoms with van der Waals surface area (Å²) in [4.78, 5) is 12.4. The molecule has 5 nitrogen and oxygen atoms in total. The molecule has 1 aromatic heterocycles. The van der Waals surface area contributed by atoms with Crippen LogP contribution < -0.4 is 0 Å². The van der Waals surface area contributed by atoms with Gasteiger partial charge in [0, 0.05) is 0 Å². The summed E-state index contributed by atoms with van der Waals surface area (Å²) >= 11 is 0. The van der Waals surface area contributed by atoms with Crippen LogP contribution in [0.4, 0.5) is 0 Å². The van der Waals surface area contributed by atoms with E-state index >= 15 is 0 Å². The van der Waals surface area contributed by atoms with Gasteiger partial charge < -0.3 is 14.4 Å². The number of aliphatic hydroxyl groups is 1. The Balaban J connectivity index is 1.41. The molecule has 2 atom stereocenters. The SMILES string of the molecule is Cc1noc(C)c1COC(=O)CC12CC3CC(CC(O)(C3)C1)C2. The predicted molar refractivity (Wildman–Crippen MR) is 82.5 cm³/mol. The van der Waals surface area contributed by atoms with Crippen LogP contribution in [0.15, 0.2) is 4.52 Å². The third-order valence-electron chi connectivity index (χ3n) is 6.23. The minimum absolute atomic E-state index is 0.0331. The number of ether oxygens (including phenoxy) is 1. The number of hydrogen-bond acceptors (Lipinski definition) is 5. The second-order valence-corrected chi connectivity index (χ2v) is 8.33. The summed E-state index contributed by atoms with van der Waals surface area (Å²) in [5.74, 6) is 1.74. The zero-order valence-electron chi connectivity index (χ0n) is 13.9. The molecule has 1 N–H and O–H groups in total. The largest absolute Gasteiger partial charge is 0.461 e. The van der Waals surface area contributed by atoms with Crippen molar-refractivity contribution >= 4 is 5.97 Å². The number of aryl methyl sites for hydroxylation is 2. The Morgan fingerprint density at radius 1 is 1.30 bits per heavy atom. The zero-order chi connectivity index (χ0) is 16.2. The molecule has 1 aromatic rings. The van der Waals surface area contributed by atoms with Crippen molar-refractivity contribution in [1.29, 1.82) is 0 Å². The zero-order valence-corrected chi connectivity index (χ0v) is 13.9. The quantitative estimate of drug-likeness (QED) is 0.864. The lowest BCUT2D eigenvalue weighted by Gasteiger charge is -2.60. The average molecular weight is 319 g/mol. The fraction of sp³-hybridized carbons (Fsp3) is 0.778. The van der Waals surface area contributed by atoms with Crippen molar-refractivity contribution in [2.45, 2.75) is 71.0 Å². The van der Waals surface area contributed by atoms with E-state index in [4.69, 9.17) is 9.26 Å². The van der Waals surface area contributed by atoms with Gasteiger partial charge in [-0.3, -0.25) is 4.79 Å². The summed E-state index contributed by atoms with van der Waals surface area (Å²) in [6.45, 7) is 3.92. The van der Waals surface area contributed by atoms with Gasteiger partial charge in [-0.15, -0.1) is 0 Å². The molecule has 0 aromatic carbocycles. The molecule has 1 heterocycles. The number of nitrogens with zero attached hydrogens (tertiary/aromatic N) is 1. The lowest BCUT2D eigenvalue weighted by molar-refractivity contribution is -0.177. The first-order valence-electron chi connectivity index (χ1n) is 8.66. The average Bonchev–Trinajstić information content (AvgIpc) is 2.72. The first kappa shape index (κ1) is 15.2. The molecular weight excluding hydrogens is 294 g/mol. The molecule has 5 rings (SSSR count). The Labute approximate surface area is 136 Å². The van der Waals surface area contributed by atoms with Crippen molar-refractivity contribution in [1.82, 2.24) is 5.16 Å². The highest BCUT2D eigenvalue weighted by Crippen LogP contribution is 2.62. The van der Waals surface area contributed by atoms with Gasteiger partial charge in [-0.25, -0.2) is 0 Å². The van der Waals surface area contributed by atoms with Gasteiger partial charge in [0.1, 0.15) is 12.4 Å². The Morgan fingerprint density at radius 3 is 2.57 bits per heavy atom. The van der Waals surface area contributed by atoms with Crippen LogP contribution >= 0.6 is 0 Å². The van der Waals surface area contributed by atoms with Crippen molar-refractivity contribution in [3.8, 4) is 0 Å². The summed E-state index contributed by atoms with van der Waals surface area (Å²) < 4.78 is 10.6. The summed E-state index contributed by atoms with van der Waals surface area (Å²) in [6.07, 6.45) is 6.45. The summed E-state index contributed by atoms with van der Waals surface area (Å²) in [6, 6.07) is 0. The molecule has 0 saturated heterocycles. The minimum atomic E-state index is -0.522. The number of carbonyl (C=O) groups excluding carboxylic acids is 1. The maximum Gasteiger partial charge on any atom is 0.306 e. The Kier molecular flexibility index (Phi) is 3.34. The van der Waals surface area contributed by atoms with Gasteiger partial charge in [-0.1, -0.05) is 5.16 Å². The highest BCUT2D eigenvalue weighted by Gasteiger charge is 2.57. The molecule has 4 bridgehead atoms. The molecule has 0 amide bonds. The number of rotatable bonds is 4. The van der Waals surface area contributed by atoms with E-state index in [0.717, 1.165) is 43.4 Å². The fourth-order valence-electron chi connectivity index (χ4n) is 5.83. The van der Waals surface area contributed by atoms with Crippen LogP contribution in [0.2, 0.25) is 0 Å². The Hall–Kier alpha value is -1.36. The minimum Gasteiger partial charge on any atom is -0.461 e. The highest BCUT2D eigenvalue weighted by atomic mass is 16.5. The van der Waals surface area contributed by atoms with E-state index in [2.05, 4.69) is 5.16 Å². The van der Waals surface area contributed by atoms with Crippen LogP contribution in [0.3, 0.4) is 0 Å². The number of esters is 1. The predicted octanol–water partition coefficient (Wildman–Crippen LogP) is 3.06. The van der Waals surface area contributed by atoms with Gasteiger partial charge in [0.05, 0.1) is 23.3 Å². The molecule has 0 radical (unpaired) electrons. The molecule has 0 spiro atoms. The second-order valence-electron chi connectivity index (χ2n) is 8.33. The van der Waals surface area contributed by atoms with E-state index in [-0.39, 0.29) is 18.0 Å². The van der Waals surface area contributed by atoms with Crippen molar-refractivity contribution in [3.63, 3.8) is 0 Å². The van der Waals surface area contributed by atoms with Crippen LogP contribution in [-0.2, 0) is 16.1 Å². The molecule has 0 aliphatic heterocycles. The van der Waals surface area contributed by atoms with Crippen molar-refractivity contribution in [2.75, 3.05) is 0 Å². The van der Waals surface area contributed by atoms with E-state index in [9.17, 15) is 9.90 Å². The molecule has 4 saturated carbocycles. The molecule has 4 aliphatic rings. The summed E-state index contributed by atoms with van der Waals surface area (Å²) in [5.41, 5.74) is 1.09. The van der Waals surface area contributed by atoms with E-state index in [1.54, 1.807) is 0 Å². The van der Waals surface area contributed by atoms with Gasteiger partial charge in [0.2, 0.25) is 0 Å². The van der Waals surface area contributed by atoms with Crippen molar-refractivity contribution in [3.05, 3.63) is 17.0 Å². The maximum absolute atomic E-state index is 12.4. The Morgan fingerprint density at radius 2 is 2.00 bits per heavy atom. The van der Waals surface area contributed by atoms with E-state index in [1.807, 2.05) is 13.8 Å². The summed E-state index contributed by atoms with van der Waals surface area (Å²) in [5, 5.41) is 14.6. The second kappa shape index (κ2) is 5.07. The van der Waals surface area contributed by atoms with Crippen LogP contribution in [0.1, 0.15) is 62.0 Å². The van der Waals surface area contributed by atoms with E-state index in [1.165, 1.54) is 6.42 Å². The maximum atomic E-state index is 12.4. The number of aromatic nitrogens is 1. The number of hydrogen-bond donors (Lipinski definition) is 1. The van der Waals surface area contributed by atoms with Gasteiger partial charge in [0.15, 0.2) is 0 Å². The van der Waals surface area contributed by atoms with Crippen LogP contribution in [0.25, 0.3) is 0 Å². The normalized spacial score (nSPS) is 38.0. The van der Waals surface area contributed by atoms with Crippen LogP contribution in [0, 0.1) is 31.1 Å². The van der Waals surface area contributed by atoms with Gasteiger partial charge in [-0.05, 0) is 69.6 Å². The topological polar surface area (TPSA) is 72.6 Å². The van der Waals surface area contributed by atoms with Crippen molar-refractivity contribution in [2.24, 2.45) is 17.3 Å². The molecule has 23 heavy (non-hydrogen) atoms. The fourth-order valence-corrected chi connectivity index (χ4v) is 5.83. The highest BCUT2D eigenvalue weighted by molar-refractivity contribution is 5.70. The Bertz CT molecular complexity index is 601. The first-order valence-corrected chi connectivity index (χ1v) is 8.66. The van der Waals surface area contributed by atoms with Gasteiger partial charge in [0.25, 0.3) is 0 Å². The van der Waals surface area contributed by atoms with Crippen LogP contribution in [-0.4, -0.2) is 21.8 Å². The third kappa shape index (κ3) is 2.69. The molecule has 2 unspecified atom stereocenters. The van der Waals surface area contributed by atoms with E-state index in [0.29, 0.717) is 24.0 Å². The summed E-state index contributed by atoms with van der Waals surface area (Å²) in [7, 11) is 0. The van der Waals surface area contributed by atoms with Crippen LogP contribution in [0.5, 0.6) is 0 Å². The van der Waals surface area contributed by atoms with Crippen molar-refractivity contribution < 1.29 is 19.2 Å². The van der Waals surface area contributed by atoms with E-state index < -0.39 is 5.60 Å². The van der Waals surface area contributed by atoms with Gasteiger partial charge in [-0.2, -0.15) is 0 Å². The molecule has 126 valence electrons. The lowest BCUT2D eigenvalue weighted by atomic mass is 9.47. The lowest BCUT2D eigenvalue weighted by Crippen LogP contribution is -2.56. The van der Waals surface area contributed by atoms with Gasteiger partial charge >= 0.3 is 5.97 Å². The molecule has 4 fully saturated rings. The molecular formula is C18H25NO4. The molecule has 5 heteroatoms. The standard InChI is InChI=1S/C18H25NO4/c1-11-15(12(2)23-19-11)9-22-16(20)8-17-4-13-3-14(5-17)7-18(21,6-13)10-17/h13-14,21H,3-10H2,1-2H3. The smallest absolute Gasteiger partial charge is 0.306 e. The molecule has 4 aliphatic carbocycles. The first-order chi connectivity index (χ1) is 10.9. The monoisotopic (exact) mass is 319 g/mol. The third-order valence-corrected chi connectivity index (χ3v) is 6.23.